The Kier molecular flexibility index (Phi) is 3.18. The Morgan fingerprint density at radius 3 is 1.50 bits per heavy atom. The summed E-state index contributed by atoms with van der Waals surface area (Å²) in [5.41, 5.74) is 6.08. The van der Waals surface area contributed by atoms with Gasteiger partial charge in [-0.15, -0.1) is 0 Å². The first kappa shape index (κ1) is 10.3. The van der Waals surface area contributed by atoms with E-state index in [4.69, 9.17) is 5.50 Å². The van der Waals surface area contributed by atoms with Crippen molar-refractivity contribution in [3.05, 3.63) is 0 Å². The molecule has 0 aliphatic heterocycles. The van der Waals surface area contributed by atoms with Gasteiger partial charge >= 0.3 is 63.0 Å². The molecular formula is C6H17BNOP. The van der Waals surface area contributed by atoms with Gasteiger partial charge in [-0.05, 0) is 0 Å². The standard InChI is InChI=1S/C6H17BNOP/c1-4-10(8,5-2,6-3)7-9/h4-6,8H2,1-3H3. The summed E-state index contributed by atoms with van der Waals surface area (Å²) in [5.74, 6) is 0. The van der Waals surface area contributed by atoms with E-state index >= 15 is 0 Å². The van der Waals surface area contributed by atoms with Crippen molar-refractivity contribution in [1.82, 2.24) is 0 Å². The second-order valence-electron chi connectivity index (χ2n) is 2.97. The minimum absolute atomic E-state index is 0.849. The molecule has 0 spiro atoms. The second-order valence-corrected chi connectivity index (χ2v) is 8.91. The zero-order valence-electron chi connectivity index (χ0n) is 7.13. The van der Waals surface area contributed by atoms with Gasteiger partial charge in [-0.25, -0.2) is 0 Å². The van der Waals surface area contributed by atoms with Crippen LogP contribution in [0, 0.1) is 0 Å². The van der Waals surface area contributed by atoms with Crippen molar-refractivity contribution in [2.24, 2.45) is 5.50 Å². The van der Waals surface area contributed by atoms with Crippen LogP contribution in [0.4, 0.5) is 0 Å². The zero-order chi connectivity index (χ0) is 8.28. The van der Waals surface area contributed by atoms with Crippen molar-refractivity contribution in [2.45, 2.75) is 20.8 Å². The van der Waals surface area contributed by atoms with Crippen LogP contribution < -0.4 is 5.50 Å². The van der Waals surface area contributed by atoms with Gasteiger partial charge in [-0.1, -0.05) is 0 Å². The Bertz CT molecular complexity index is 125. The molecule has 0 aromatic rings. The van der Waals surface area contributed by atoms with Gasteiger partial charge < -0.3 is 0 Å². The van der Waals surface area contributed by atoms with Crippen molar-refractivity contribution in [3.8, 4) is 0 Å². The quantitative estimate of drug-likeness (QED) is 0.500. The molecule has 4 heteroatoms. The van der Waals surface area contributed by atoms with Crippen LogP contribution in [0.25, 0.3) is 0 Å². The van der Waals surface area contributed by atoms with Gasteiger partial charge in [0.15, 0.2) is 0 Å². The number of nitrogens with two attached hydrogens (primary N) is 1. The van der Waals surface area contributed by atoms with Crippen LogP contribution in [0.15, 0.2) is 0 Å². The summed E-state index contributed by atoms with van der Waals surface area (Å²) in [6, 6.07) is 0. The molecule has 0 unspecified atom stereocenters. The fraction of sp³-hybridized carbons (Fsp3) is 1.00. The van der Waals surface area contributed by atoms with Crippen molar-refractivity contribution in [2.75, 3.05) is 18.5 Å². The van der Waals surface area contributed by atoms with Crippen molar-refractivity contribution in [3.63, 3.8) is 0 Å². The Labute approximate surface area is 63.8 Å². The SMILES string of the molecule is CCP(N)(B=O)(CC)CC. The minimum atomic E-state index is -2.33. The van der Waals surface area contributed by atoms with Gasteiger partial charge in [-0.3, -0.25) is 0 Å². The molecule has 0 atom stereocenters. The molecule has 0 radical (unpaired) electrons. The van der Waals surface area contributed by atoms with Crippen molar-refractivity contribution < 1.29 is 4.70 Å². The molecule has 0 aromatic heterocycles. The van der Waals surface area contributed by atoms with Crippen LogP contribution in [-0.4, -0.2) is 25.4 Å². The van der Waals surface area contributed by atoms with Gasteiger partial charge in [0, 0.05) is 0 Å². The van der Waals surface area contributed by atoms with Crippen LogP contribution in [0.3, 0.4) is 0 Å². The van der Waals surface area contributed by atoms with E-state index < -0.39 is 6.63 Å². The van der Waals surface area contributed by atoms with E-state index in [0.29, 0.717) is 0 Å². The van der Waals surface area contributed by atoms with Crippen molar-refractivity contribution in [1.29, 1.82) is 0 Å². The van der Waals surface area contributed by atoms with E-state index in [0.717, 1.165) is 25.4 Å². The molecular weight excluding hydrogens is 144 g/mol. The summed E-state index contributed by atoms with van der Waals surface area (Å²) in [7, 11) is 0. The van der Waals surface area contributed by atoms with Gasteiger partial charge in [0.2, 0.25) is 0 Å². The summed E-state index contributed by atoms with van der Waals surface area (Å²) >= 11 is 0. The first-order valence-electron chi connectivity index (χ1n) is 3.82. The van der Waals surface area contributed by atoms with Gasteiger partial charge in [-0.2, -0.15) is 0 Å². The number of hydrogen-bond donors (Lipinski definition) is 1. The molecule has 10 heavy (non-hydrogen) atoms. The Morgan fingerprint density at radius 2 is 1.50 bits per heavy atom. The third-order valence-electron chi connectivity index (χ3n) is 2.72. The second kappa shape index (κ2) is 3.10. The van der Waals surface area contributed by atoms with Crippen LogP contribution in [0.1, 0.15) is 20.8 Å². The van der Waals surface area contributed by atoms with E-state index in [2.05, 4.69) is 0 Å². The fourth-order valence-corrected chi connectivity index (χ4v) is 2.68. The van der Waals surface area contributed by atoms with Crippen LogP contribution >= 0.6 is 6.63 Å². The van der Waals surface area contributed by atoms with Crippen molar-refractivity contribution >= 4 is 13.5 Å². The molecule has 60 valence electrons. The van der Waals surface area contributed by atoms with Crippen LogP contribution in [-0.2, 0) is 4.70 Å². The molecule has 0 aliphatic rings. The molecule has 0 saturated heterocycles. The molecule has 0 aliphatic carbocycles. The topological polar surface area (TPSA) is 43.1 Å². The zero-order valence-corrected chi connectivity index (χ0v) is 8.03. The molecule has 0 heterocycles. The molecule has 0 rings (SSSR count). The van der Waals surface area contributed by atoms with E-state index in [1.807, 2.05) is 20.8 Å². The molecule has 0 aromatic carbocycles. The third-order valence-corrected chi connectivity index (χ3v) is 8.16. The summed E-state index contributed by atoms with van der Waals surface area (Å²) in [6.07, 6.45) is 2.55. The average molecular weight is 161 g/mol. The average Bonchev–Trinajstić information content (AvgIpc) is 2.04. The number of rotatable bonds is 4. The van der Waals surface area contributed by atoms with Crippen LogP contribution in [0.5, 0.6) is 0 Å². The van der Waals surface area contributed by atoms with E-state index in [1.165, 1.54) is 0 Å². The monoisotopic (exact) mass is 161 g/mol. The maximum absolute atomic E-state index is 10.8. The van der Waals surface area contributed by atoms with Gasteiger partial charge in [0.1, 0.15) is 0 Å². The fourth-order valence-electron chi connectivity index (χ4n) is 0.894. The predicted molar refractivity (Wildman–Crippen MR) is 49.2 cm³/mol. The summed E-state index contributed by atoms with van der Waals surface area (Å²) in [6.45, 7) is 4.74. The molecule has 0 amide bonds. The molecule has 0 bridgehead atoms. The van der Waals surface area contributed by atoms with Gasteiger partial charge in [0.05, 0.1) is 0 Å². The molecule has 0 fully saturated rings. The Hall–Kier alpha value is 0.255. The molecule has 2 N–H and O–H groups in total. The first-order valence-corrected chi connectivity index (χ1v) is 6.75. The van der Waals surface area contributed by atoms with E-state index in [-0.39, 0.29) is 0 Å². The maximum atomic E-state index is 10.8. The van der Waals surface area contributed by atoms with E-state index in [1.54, 1.807) is 0 Å². The first-order chi connectivity index (χ1) is 4.54. The Morgan fingerprint density at radius 1 is 1.20 bits per heavy atom. The molecule has 2 nitrogen and oxygen atoms in total. The number of hydrogen-bond acceptors (Lipinski definition) is 2. The summed E-state index contributed by atoms with van der Waals surface area (Å²) < 4.78 is 10.8. The van der Waals surface area contributed by atoms with Gasteiger partial charge in [0.25, 0.3) is 0 Å². The predicted octanol–water partition coefficient (Wildman–Crippen LogP) is 1.44. The summed E-state index contributed by atoms with van der Waals surface area (Å²) in [4.78, 5) is 0. The summed E-state index contributed by atoms with van der Waals surface area (Å²) in [5, 5.41) is 0. The Balaban J connectivity index is 4.59. The van der Waals surface area contributed by atoms with Crippen LogP contribution in [0.2, 0.25) is 0 Å². The van der Waals surface area contributed by atoms with E-state index in [9.17, 15) is 4.70 Å². The molecule has 0 saturated carbocycles. The third kappa shape index (κ3) is 1.64. The normalized spacial score (nSPS) is 15.4.